The number of rotatable bonds is 4. The van der Waals surface area contributed by atoms with Crippen LogP contribution in [0.4, 0.5) is 10.1 Å². The van der Waals surface area contributed by atoms with Gasteiger partial charge in [-0.2, -0.15) is 0 Å². The monoisotopic (exact) mass is 358 g/mol. The molecule has 3 rings (SSSR count). The van der Waals surface area contributed by atoms with Crippen molar-refractivity contribution in [3.63, 3.8) is 0 Å². The number of anilines is 1. The summed E-state index contributed by atoms with van der Waals surface area (Å²) >= 11 is 0. The predicted octanol–water partition coefficient (Wildman–Crippen LogP) is 2.94. The summed E-state index contributed by atoms with van der Waals surface area (Å²) in [6, 6.07) is 10.4. The highest BCUT2D eigenvalue weighted by Gasteiger charge is 2.38. The number of methoxy groups -OCH3 is 1. The summed E-state index contributed by atoms with van der Waals surface area (Å²) in [6.07, 6.45) is -0.810. The van der Waals surface area contributed by atoms with Gasteiger partial charge in [0.15, 0.2) is 11.6 Å². The van der Waals surface area contributed by atoms with Crippen molar-refractivity contribution in [3.8, 4) is 5.75 Å². The first-order valence-corrected chi connectivity index (χ1v) is 8.50. The van der Waals surface area contributed by atoms with Crippen LogP contribution >= 0.6 is 0 Å². The van der Waals surface area contributed by atoms with Crippen molar-refractivity contribution in [2.24, 2.45) is 0 Å². The maximum atomic E-state index is 14.1. The van der Waals surface area contributed by atoms with Crippen LogP contribution in [-0.4, -0.2) is 43.2 Å². The predicted molar refractivity (Wildman–Crippen MR) is 97.8 cm³/mol. The minimum absolute atomic E-state index is 0.0257. The fraction of sp³-hybridized carbons (Fsp3) is 0.350. The molecular weight excluding hydrogens is 335 g/mol. The lowest BCUT2D eigenvalue weighted by Crippen LogP contribution is -2.32. The number of aryl methyl sites for hydroxylation is 2. The number of hydrogen-bond acceptors (Lipinski definition) is 4. The van der Waals surface area contributed by atoms with Crippen molar-refractivity contribution in [3.05, 3.63) is 58.9 Å². The number of ether oxygens (including phenoxy) is 2. The summed E-state index contributed by atoms with van der Waals surface area (Å²) in [5.74, 6) is -0.604. The number of benzene rings is 2. The van der Waals surface area contributed by atoms with Crippen LogP contribution in [0.1, 0.15) is 21.5 Å². The molecular formula is C20H23FN2O3. The average Bonchev–Trinajstić information content (AvgIpc) is 3.03. The molecule has 1 amide bonds. The van der Waals surface area contributed by atoms with E-state index in [4.69, 9.17) is 15.2 Å². The van der Waals surface area contributed by atoms with Crippen LogP contribution in [-0.2, 0) is 4.74 Å². The first-order valence-electron chi connectivity index (χ1n) is 8.50. The topological polar surface area (TPSA) is 64.8 Å². The van der Waals surface area contributed by atoms with Crippen LogP contribution in [0, 0.1) is 19.7 Å². The van der Waals surface area contributed by atoms with Crippen LogP contribution in [0.15, 0.2) is 36.4 Å². The highest BCUT2D eigenvalue weighted by molar-refractivity contribution is 5.96. The zero-order valence-electron chi connectivity index (χ0n) is 15.2. The molecule has 2 N–H and O–H groups in total. The standard InChI is InChI=1S/C20H23FN2O3/c1-12-7-8-13(2)14(9-12)20(24)23-10-17(25-3)18(11-23)26-16-6-4-5-15(22)19(16)21/h4-9,17-18H,10-11,22H2,1-3H3. The number of hydrogen-bond donors (Lipinski definition) is 1. The Morgan fingerprint density at radius 3 is 2.65 bits per heavy atom. The highest BCUT2D eigenvalue weighted by atomic mass is 19.1. The number of carbonyl (C=O) groups excluding carboxylic acids is 1. The largest absolute Gasteiger partial charge is 0.483 e. The molecule has 0 saturated carbocycles. The van der Waals surface area contributed by atoms with Crippen LogP contribution in [0.25, 0.3) is 0 Å². The van der Waals surface area contributed by atoms with Crippen LogP contribution < -0.4 is 10.5 Å². The molecule has 1 aliphatic rings. The van der Waals surface area contributed by atoms with E-state index in [1.54, 1.807) is 18.1 Å². The third kappa shape index (κ3) is 3.51. The van der Waals surface area contributed by atoms with Gasteiger partial charge < -0.3 is 20.1 Å². The smallest absolute Gasteiger partial charge is 0.254 e. The molecule has 1 saturated heterocycles. The van der Waals surface area contributed by atoms with E-state index in [-0.39, 0.29) is 23.4 Å². The van der Waals surface area contributed by atoms with Gasteiger partial charge in [-0.3, -0.25) is 4.79 Å². The zero-order chi connectivity index (χ0) is 18.8. The van der Waals surface area contributed by atoms with Gasteiger partial charge in [0.2, 0.25) is 0 Å². The molecule has 0 bridgehead atoms. The Morgan fingerprint density at radius 1 is 1.19 bits per heavy atom. The number of carbonyl (C=O) groups is 1. The molecule has 0 aliphatic carbocycles. The highest BCUT2D eigenvalue weighted by Crippen LogP contribution is 2.27. The van der Waals surface area contributed by atoms with Crippen molar-refractivity contribution in [1.82, 2.24) is 4.90 Å². The Balaban J connectivity index is 1.79. The number of nitrogens with zero attached hydrogens (tertiary/aromatic N) is 1. The Morgan fingerprint density at radius 2 is 1.92 bits per heavy atom. The van der Waals surface area contributed by atoms with E-state index in [0.29, 0.717) is 18.7 Å². The molecule has 1 fully saturated rings. The minimum Gasteiger partial charge on any atom is -0.483 e. The van der Waals surface area contributed by atoms with Crippen LogP contribution in [0.5, 0.6) is 5.75 Å². The Hall–Kier alpha value is -2.60. The number of halogens is 1. The molecule has 26 heavy (non-hydrogen) atoms. The van der Waals surface area contributed by atoms with Crippen molar-refractivity contribution in [1.29, 1.82) is 0 Å². The van der Waals surface area contributed by atoms with Crippen molar-refractivity contribution >= 4 is 11.6 Å². The lowest BCUT2D eigenvalue weighted by molar-refractivity contribution is 0.0323. The zero-order valence-corrected chi connectivity index (χ0v) is 15.2. The summed E-state index contributed by atoms with van der Waals surface area (Å²) in [5, 5.41) is 0. The molecule has 2 aromatic rings. The van der Waals surface area contributed by atoms with Crippen molar-refractivity contribution < 1.29 is 18.7 Å². The maximum Gasteiger partial charge on any atom is 0.254 e. The van der Waals surface area contributed by atoms with E-state index in [0.717, 1.165) is 11.1 Å². The first-order chi connectivity index (χ1) is 12.4. The summed E-state index contributed by atoms with van der Waals surface area (Å²) in [5.41, 5.74) is 8.22. The molecule has 5 nitrogen and oxygen atoms in total. The molecule has 0 spiro atoms. The molecule has 2 unspecified atom stereocenters. The lowest BCUT2D eigenvalue weighted by Gasteiger charge is -2.19. The van der Waals surface area contributed by atoms with Gasteiger partial charge in [-0.25, -0.2) is 4.39 Å². The van der Waals surface area contributed by atoms with E-state index >= 15 is 0 Å². The van der Waals surface area contributed by atoms with E-state index in [1.807, 2.05) is 32.0 Å². The van der Waals surface area contributed by atoms with E-state index < -0.39 is 11.9 Å². The number of amides is 1. The van der Waals surface area contributed by atoms with Crippen molar-refractivity contribution in [2.45, 2.75) is 26.1 Å². The Labute approximate surface area is 152 Å². The summed E-state index contributed by atoms with van der Waals surface area (Å²) in [4.78, 5) is 14.6. The van der Waals surface area contributed by atoms with Gasteiger partial charge in [0, 0.05) is 12.7 Å². The van der Waals surface area contributed by atoms with E-state index in [9.17, 15) is 9.18 Å². The van der Waals surface area contributed by atoms with Crippen molar-refractivity contribution in [2.75, 3.05) is 25.9 Å². The molecule has 1 aliphatic heterocycles. The molecule has 138 valence electrons. The third-order valence-corrected chi connectivity index (χ3v) is 4.70. The van der Waals surface area contributed by atoms with Gasteiger partial charge in [0.05, 0.1) is 18.8 Å². The second-order valence-electron chi connectivity index (χ2n) is 6.62. The normalized spacial score (nSPS) is 19.6. The second kappa shape index (κ2) is 7.33. The fourth-order valence-corrected chi connectivity index (χ4v) is 3.17. The minimum atomic E-state index is -0.596. The Bertz CT molecular complexity index is 825. The lowest BCUT2D eigenvalue weighted by atomic mass is 10.0. The maximum absolute atomic E-state index is 14.1. The summed E-state index contributed by atoms with van der Waals surface area (Å²) in [6.45, 7) is 4.57. The van der Waals surface area contributed by atoms with Gasteiger partial charge >= 0.3 is 0 Å². The molecule has 0 aromatic heterocycles. The summed E-state index contributed by atoms with van der Waals surface area (Å²) < 4.78 is 25.4. The van der Waals surface area contributed by atoms with Gasteiger partial charge in [0.25, 0.3) is 5.91 Å². The van der Waals surface area contributed by atoms with Crippen LogP contribution in [0.2, 0.25) is 0 Å². The van der Waals surface area contributed by atoms with Gasteiger partial charge in [-0.05, 0) is 37.6 Å². The van der Waals surface area contributed by atoms with E-state index in [2.05, 4.69) is 0 Å². The number of likely N-dealkylation sites (tertiary alicyclic amines) is 1. The number of nitrogens with two attached hydrogens (primary N) is 1. The Kier molecular flexibility index (Phi) is 5.13. The van der Waals surface area contributed by atoms with Gasteiger partial charge in [-0.1, -0.05) is 23.8 Å². The summed E-state index contributed by atoms with van der Waals surface area (Å²) in [7, 11) is 1.56. The van der Waals surface area contributed by atoms with Crippen LogP contribution in [0.3, 0.4) is 0 Å². The molecule has 0 radical (unpaired) electrons. The second-order valence-corrected chi connectivity index (χ2v) is 6.62. The van der Waals surface area contributed by atoms with Gasteiger partial charge in [-0.15, -0.1) is 0 Å². The quantitative estimate of drug-likeness (QED) is 0.854. The molecule has 6 heteroatoms. The fourth-order valence-electron chi connectivity index (χ4n) is 3.17. The first kappa shape index (κ1) is 18.2. The van der Waals surface area contributed by atoms with Gasteiger partial charge in [0.1, 0.15) is 12.2 Å². The molecule has 2 aromatic carbocycles. The number of nitrogen functional groups attached to an aromatic ring is 1. The average molecular weight is 358 g/mol. The molecule has 1 heterocycles. The van der Waals surface area contributed by atoms with E-state index in [1.165, 1.54) is 12.1 Å². The third-order valence-electron chi connectivity index (χ3n) is 4.70. The SMILES string of the molecule is COC1CN(C(=O)c2cc(C)ccc2C)CC1Oc1cccc(N)c1F. The molecule has 2 atom stereocenters.